The third kappa shape index (κ3) is 2.85. The minimum atomic E-state index is 0.154. The molecule has 2 aliphatic rings. The Labute approximate surface area is 131 Å². The van der Waals surface area contributed by atoms with Crippen LogP contribution in [0.25, 0.3) is 0 Å². The molecular formula is C15H24N6O. The average molecular weight is 304 g/mol. The Kier molecular flexibility index (Phi) is 4.15. The highest BCUT2D eigenvalue weighted by atomic mass is 16.2. The first kappa shape index (κ1) is 15.0. The maximum Gasteiger partial charge on any atom is 0.242 e. The molecule has 1 saturated heterocycles. The molecule has 0 aliphatic carbocycles. The molecule has 1 amide bonds. The van der Waals surface area contributed by atoms with E-state index in [9.17, 15) is 4.79 Å². The number of carbonyl (C=O) groups excluding carboxylic acids is 1. The number of fused-ring (bicyclic) bond motifs is 1. The van der Waals surface area contributed by atoms with Gasteiger partial charge in [0.1, 0.15) is 18.0 Å². The minimum Gasteiger partial charge on any atom is -0.369 e. The first-order chi connectivity index (χ1) is 10.6. The van der Waals surface area contributed by atoms with Crippen molar-refractivity contribution >= 4 is 17.5 Å². The van der Waals surface area contributed by atoms with Crippen molar-refractivity contribution in [1.29, 1.82) is 0 Å². The summed E-state index contributed by atoms with van der Waals surface area (Å²) in [6, 6.07) is 0.282. The van der Waals surface area contributed by atoms with Crippen molar-refractivity contribution in [2.75, 3.05) is 43.4 Å². The summed E-state index contributed by atoms with van der Waals surface area (Å²) < 4.78 is 0. The molecule has 0 saturated carbocycles. The molecule has 1 aromatic rings. The summed E-state index contributed by atoms with van der Waals surface area (Å²) in [7, 11) is 1.92. The fourth-order valence-electron chi connectivity index (χ4n) is 2.78. The number of nitrogens with zero attached hydrogens (tertiary/aromatic N) is 4. The standard InChI is InChI=1S/C15H24N6O/c1-10(2)4-17-14-12-7-21(11-5-16-6-11)13(22)8-20(3)15(12)19-9-18-14/h9-11,16H,4-8H2,1-3H3,(H,17,18,19). The number of rotatable bonds is 4. The van der Waals surface area contributed by atoms with Gasteiger partial charge in [-0.05, 0) is 5.92 Å². The van der Waals surface area contributed by atoms with Crippen molar-refractivity contribution < 1.29 is 4.79 Å². The molecule has 2 N–H and O–H groups in total. The summed E-state index contributed by atoms with van der Waals surface area (Å²) in [4.78, 5) is 25.2. The molecule has 0 bridgehead atoms. The highest BCUT2D eigenvalue weighted by Gasteiger charge is 2.33. The summed E-state index contributed by atoms with van der Waals surface area (Å²) in [6.07, 6.45) is 1.57. The monoisotopic (exact) mass is 304 g/mol. The molecular weight excluding hydrogens is 280 g/mol. The zero-order valence-electron chi connectivity index (χ0n) is 13.5. The van der Waals surface area contributed by atoms with Crippen LogP contribution in [-0.2, 0) is 11.3 Å². The van der Waals surface area contributed by atoms with Gasteiger partial charge in [-0.15, -0.1) is 0 Å². The molecule has 0 spiro atoms. The number of nitrogens with one attached hydrogen (secondary N) is 2. The van der Waals surface area contributed by atoms with Crippen molar-refractivity contribution in [3.63, 3.8) is 0 Å². The van der Waals surface area contributed by atoms with E-state index in [2.05, 4.69) is 34.4 Å². The van der Waals surface area contributed by atoms with Crippen molar-refractivity contribution in [3.8, 4) is 0 Å². The van der Waals surface area contributed by atoms with Gasteiger partial charge in [0.15, 0.2) is 0 Å². The summed E-state index contributed by atoms with van der Waals surface area (Å²) in [6.45, 7) is 7.85. The lowest BCUT2D eigenvalue weighted by molar-refractivity contribution is -0.133. The van der Waals surface area contributed by atoms with Crippen molar-refractivity contribution in [3.05, 3.63) is 11.9 Å². The Hall–Kier alpha value is -1.89. The lowest BCUT2D eigenvalue weighted by Crippen LogP contribution is -2.59. The first-order valence-electron chi connectivity index (χ1n) is 7.85. The molecule has 120 valence electrons. The molecule has 7 nitrogen and oxygen atoms in total. The van der Waals surface area contributed by atoms with Gasteiger partial charge in [0.25, 0.3) is 0 Å². The fraction of sp³-hybridized carbons (Fsp3) is 0.667. The van der Waals surface area contributed by atoms with Crippen LogP contribution in [0.3, 0.4) is 0 Å². The Balaban J connectivity index is 1.91. The smallest absolute Gasteiger partial charge is 0.242 e. The van der Waals surface area contributed by atoms with Crippen LogP contribution in [0.15, 0.2) is 6.33 Å². The normalized spacial score (nSPS) is 19.0. The van der Waals surface area contributed by atoms with E-state index in [-0.39, 0.29) is 11.9 Å². The van der Waals surface area contributed by atoms with Crippen LogP contribution in [0.1, 0.15) is 19.4 Å². The molecule has 22 heavy (non-hydrogen) atoms. The predicted molar refractivity (Wildman–Crippen MR) is 85.8 cm³/mol. The number of carbonyl (C=O) groups is 1. The maximum absolute atomic E-state index is 12.5. The minimum absolute atomic E-state index is 0.154. The van der Waals surface area contributed by atoms with E-state index >= 15 is 0 Å². The number of amides is 1. The van der Waals surface area contributed by atoms with E-state index in [1.54, 1.807) is 6.33 Å². The Morgan fingerprint density at radius 3 is 2.77 bits per heavy atom. The molecule has 1 aromatic heterocycles. The third-order valence-corrected chi connectivity index (χ3v) is 4.18. The summed E-state index contributed by atoms with van der Waals surface area (Å²) in [5.41, 5.74) is 1.02. The van der Waals surface area contributed by atoms with E-state index < -0.39 is 0 Å². The van der Waals surface area contributed by atoms with E-state index in [1.165, 1.54) is 0 Å². The average Bonchev–Trinajstić information content (AvgIpc) is 2.53. The number of hydrogen-bond donors (Lipinski definition) is 2. The van der Waals surface area contributed by atoms with E-state index in [1.807, 2.05) is 16.8 Å². The molecule has 3 heterocycles. The zero-order chi connectivity index (χ0) is 15.7. The fourth-order valence-corrected chi connectivity index (χ4v) is 2.78. The second kappa shape index (κ2) is 6.08. The topological polar surface area (TPSA) is 73.4 Å². The van der Waals surface area contributed by atoms with Crippen LogP contribution in [0.2, 0.25) is 0 Å². The molecule has 3 rings (SSSR count). The van der Waals surface area contributed by atoms with Gasteiger partial charge in [-0.1, -0.05) is 13.8 Å². The number of hydrogen-bond acceptors (Lipinski definition) is 6. The van der Waals surface area contributed by atoms with Gasteiger partial charge in [0.2, 0.25) is 5.91 Å². The van der Waals surface area contributed by atoms with Crippen LogP contribution in [-0.4, -0.2) is 60.0 Å². The Bertz CT molecular complexity index is 557. The summed E-state index contributed by atoms with van der Waals surface area (Å²) >= 11 is 0. The van der Waals surface area contributed by atoms with Crippen molar-refractivity contribution in [2.24, 2.45) is 5.92 Å². The van der Waals surface area contributed by atoms with Gasteiger partial charge in [-0.2, -0.15) is 0 Å². The Morgan fingerprint density at radius 1 is 1.36 bits per heavy atom. The molecule has 1 fully saturated rings. The van der Waals surface area contributed by atoms with Crippen LogP contribution >= 0.6 is 0 Å². The van der Waals surface area contributed by atoms with Gasteiger partial charge in [-0.25, -0.2) is 9.97 Å². The number of anilines is 2. The van der Waals surface area contributed by atoms with Gasteiger partial charge < -0.3 is 20.4 Å². The van der Waals surface area contributed by atoms with Gasteiger partial charge in [0, 0.05) is 26.7 Å². The molecule has 7 heteroatoms. The first-order valence-corrected chi connectivity index (χ1v) is 7.85. The van der Waals surface area contributed by atoms with E-state index in [0.717, 1.165) is 36.8 Å². The van der Waals surface area contributed by atoms with E-state index in [4.69, 9.17) is 0 Å². The lowest BCUT2D eigenvalue weighted by Gasteiger charge is -2.37. The number of aromatic nitrogens is 2. The lowest BCUT2D eigenvalue weighted by atomic mass is 10.1. The highest BCUT2D eigenvalue weighted by Crippen LogP contribution is 2.28. The number of likely N-dealkylation sites (N-methyl/N-ethyl adjacent to an activating group) is 1. The van der Waals surface area contributed by atoms with E-state index in [0.29, 0.717) is 19.0 Å². The van der Waals surface area contributed by atoms with Crippen LogP contribution < -0.4 is 15.5 Å². The van der Waals surface area contributed by atoms with Crippen molar-refractivity contribution in [2.45, 2.75) is 26.4 Å². The van der Waals surface area contributed by atoms with Gasteiger partial charge in [0.05, 0.1) is 24.7 Å². The summed E-state index contributed by atoms with van der Waals surface area (Å²) in [5, 5.41) is 6.63. The van der Waals surface area contributed by atoms with Crippen LogP contribution in [0.4, 0.5) is 11.6 Å². The van der Waals surface area contributed by atoms with Gasteiger partial charge in [-0.3, -0.25) is 4.79 Å². The van der Waals surface area contributed by atoms with Crippen LogP contribution in [0.5, 0.6) is 0 Å². The van der Waals surface area contributed by atoms with Crippen LogP contribution in [0, 0.1) is 5.92 Å². The third-order valence-electron chi connectivity index (χ3n) is 4.18. The highest BCUT2D eigenvalue weighted by molar-refractivity contribution is 5.84. The SMILES string of the molecule is CC(C)CNc1ncnc2c1CN(C1CNC1)C(=O)CN2C. The predicted octanol–water partition coefficient (Wildman–Crippen LogP) is 0.295. The quantitative estimate of drug-likeness (QED) is 0.833. The molecule has 0 atom stereocenters. The van der Waals surface area contributed by atoms with Crippen molar-refractivity contribution in [1.82, 2.24) is 20.2 Å². The largest absolute Gasteiger partial charge is 0.369 e. The molecule has 0 radical (unpaired) electrons. The Morgan fingerprint density at radius 2 is 2.14 bits per heavy atom. The second-order valence-electron chi connectivity index (χ2n) is 6.49. The molecule has 2 aliphatic heterocycles. The zero-order valence-corrected chi connectivity index (χ0v) is 13.5. The van der Waals surface area contributed by atoms with Gasteiger partial charge >= 0.3 is 0 Å². The molecule has 0 aromatic carbocycles. The molecule has 0 unspecified atom stereocenters. The summed E-state index contributed by atoms with van der Waals surface area (Å²) in [5.74, 6) is 2.38. The second-order valence-corrected chi connectivity index (χ2v) is 6.49. The maximum atomic E-state index is 12.5.